The van der Waals surface area contributed by atoms with Crippen LogP contribution in [0, 0.1) is 0 Å². The van der Waals surface area contributed by atoms with E-state index in [2.05, 4.69) is 28.1 Å². The summed E-state index contributed by atoms with van der Waals surface area (Å²) in [5.41, 5.74) is 0. The summed E-state index contributed by atoms with van der Waals surface area (Å²) in [4.78, 5) is 1.43. The van der Waals surface area contributed by atoms with Crippen molar-refractivity contribution < 1.29 is 0 Å². The Balaban J connectivity index is 1.48. The minimum atomic E-state index is 0.789. The van der Waals surface area contributed by atoms with Crippen LogP contribution in [0.2, 0.25) is 0 Å². The van der Waals surface area contributed by atoms with Gasteiger partial charge in [-0.25, -0.2) is 0 Å². The average molecular weight is 238 g/mol. The van der Waals surface area contributed by atoms with Gasteiger partial charge in [0.2, 0.25) is 0 Å². The quantitative estimate of drug-likeness (QED) is 0.745. The molecular formula is C13H22N2S. The number of nitrogens with one attached hydrogen (secondary N) is 2. The summed E-state index contributed by atoms with van der Waals surface area (Å²) in [6.45, 7) is 3.20. The summed E-state index contributed by atoms with van der Waals surface area (Å²) in [6, 6.07) is 5.09. The standard InChI is InChI=1S/C13H22N2S/c1-2-5-12(6-3-1)15-9-8-14-11-13-7-4-10-16-13/h4,7,10,12,14-15H,1-3,5-6,8-9,11H2. The molecule has 0 bridgehead atoms. The molecule has 0 radical (unpaired) electrons. The van der Waals surface area contributed by atoms with E-state index >= 15 is 0 Å². The molecule has 0 amide bonds. The average Bonchev–Trinajstić information content (AvgIpc) is 2.83. The molecule has 0 atom stereocenters. The first-order valence-corrected chi connectivity index (χ1v) is 7.29. The van der Waals surface area contributed by atoms with Crippen molar-refractivity contribution in [2.75, 3.05) is 13.1 Å². The molecule has 0 spiro atoms. The largest absolute Gasteiger partial charge is 0.313 e. The van der Waals surface area contributed by atoms with Crippen molar-refractivity contribution >= 4 is 11.3 Å². The van der Waals surface area contributed by atoms with Gasteiger partial charge in [-0.05, 0) is 24.3 Å². The Hall–Kier alpha value is -0.380. The minimum absolute atomic E-state index is 0.789. The summed E-state index contributed by atoms with van der Waals surface area (Å²) >= 11 is 1.83. The van der Waals surface area contributed by atoms with Gasteiger partial charge in [-0.1, -0.05) is 25.3 Å². The highest BCUT2D eigenvalue weighted by Gasteiger charge is 2.11. The molecule has 2 nitrogen and oxygen atoms in total. The molecule has 1 aliphatic carbocycles. The van der Waals surface area contributed by atoms with Gasteiger partial charge >= 0.3 is 0 Å². The highest BCUT2D eigenvalue weighted by atomic mass is 32.1. The maximum atomic E-state index is 3.64. The first kappa shape index (κ1) is 12.1. The highest BCUT2D eigenvalue weighted by Crippen LogP contribution is 2.16. The van der Waals surface area contributed by atoms with Crippen LogP contribution >= 0.6 is 11.3 Å². The number of thiophene rings is 1. The van der Waals surface area contributed by atoms with E-state index in [1.807, 2.05) is 11.3 Å². The molecule has 2 rings (SSSR count). The van der Waals surface area contributed by atoms with Gasteiger partial charge in [0.1, 0.15) is 0 Å². The van der Waals surface area contributed by atoms with Crippen LogP contribution in [0.5, 0.6) is 0 Å². The lowest BCUT2D eigenvalue weighted by Crippen LogP contribution is -2.36. The summed E-state index contributed by atoms with van der Waals surface area (Å²) < 4.78 is 0. The van der Waals surface area contributed by atoms with Gasteiger partial charge in [-0.15, -0.1) is 11.3 Å². The SMILES string of the molecule is c1csc(CNCCNC2CCCCC2)c1. The Bertz CT molecular complexity index is 265. The molecule has 1 saturated carbocycles. The molecular weight excluding hydrogens is 216 g/mol. The van der Waals surface area contributed by atoms with E-state index in [9.17, 15) is 0 Å². The van der Waals surface area contributed by atoms with Crippen LogP contribution in [0.15, 0.2) is 17.5 Å². The van der Waals surface area contributed by atoms with E-state index in [0.717, 1.165) is 25.7 Å². The maximum Gasteiger partial charge on any atom is 0.0300 e. The zero-order valence-corrected chi connectivity index (χ0v) is 10.7. The normalized spacial score (nSPS) is 17.8. The van der Waals surface area contributed by atoms with Crippen molar-refractivity contribution in [1.82, 2.24) is 10.6 Å². The maximum absolute atomic E-state index is 3.64. The second-order valence-corrected chi connectivity index (χ2v) is 5.58. The molecule has 1 aromatic heterocycles. The first-order chi connectivity index (χ1) is 7.95. The highest BCUT2D eigenvalue weighted by molar-refractivity contribution is 7.09. The van der Waals surface area contributed by atoms with Crippen LogP contribution in [-0.4, -0.2) is 19.1 Å². The van der Waals surface area contributed by atoms with E-state index in [0.29, 0.717) is 0 Å². The van der Waals surface area contributed by atoms with Crippen LogP contribution < -0.4 is 10.6 Å². The van der Waals surface area contributed by atoms with E-state index in [-0.39, 0.29) is 0 Å². The summed E-state index contributed by atoms with van der Waals surface area (Å²) in [6.07, 6.45) is 7.03. The minimum Gasteiger partial charge on any atom is -0.313 e. The summed E-state index contributed by atoms with van der Waals surface area (Å²) in [5, 5.41) is 9.25. The molecule has 0 aromatic carbocycles. The van der Waals surface area contributed by atoms with Gasteiger partial charge in [0, 0.05) is 30.6 Å². The molecule has 0 unspecified atom stereocenters. The van der Waals surface area contributed by atoms with Crippen LogP contribution in [0.4, 0.5) is 0 Å². The molecule has 90 valence electrons. The molecule has 1 aliphatic rings. The molecule has 0 saturated heterocycles. The molecule has 1 aromatic rings. The molecule has 1 fully saturated rings. The van der Waals surface area contributed by atoms with Crippen molar-refractivity contribution in [3.8, 4) is 0 Å². The second-order valence-electron chi connectivity index (χ2n) is 4.55. The Morgan fingerprint density at radius 1 is 1.19 bits per heavy atom. The van der Waals surface area contributed by atoms with Crippen molar-refractivity contribution in [3.05, 3.63) is 22.4 Å². The predicted octanol–water partition coefficient (Wildman–Crippen LogP) is 2.76. The monoisotopic (exact) mass is 238 g/mol. The Kier molecular flexibility index (Phi) is 5.32. The first-order valence-electron chi connectivity index (χ1n) is 6.41. The predicted molar refractivity (Wildman–Crippen MR) is 70.9 cm³/mol. The lowest BCUT2D eigenvalue weighted by atomic mass is 9.95. The number of rotatable bonds is 6. The topological polar surface area (TPSA) is 24.1 Å². The van der Waals surface area contributed by atoms with Crippen LogP contribution in [0.25, 0.3) is 0 Å². The fourth-order valence-corrected chi connectivity index (χ4v) is 2.97. The van der Waals surface area contributed by atoms with Gasteiger partial charge in [0.05, 0.1) is 0 Å². The number of hydrogen-bond acceptors (Lipinski definition) is 3. The van der Waals surface area contributed by atoms with Crippen molar-refractivity contribution in [2.24, 2.45) is 0 Å². The third-order valence-corrected chi connectivity index (χ3v) is 4.10. The van der Waals surface area contributed by atoms with E-state index in [4.69, 9.17) is 0 Å². The third kappa shape index (κ3) is 4.24. The van der Waals surface area contributed by atoms with E-state index in [1.54, 1.807) is 0 Å². The molecule has 0 aliphatic heterocycles. The Morgan fingerprint density at radius 3 is 2.81 bits per heavy atom. The summed E-state index contributed by atoms with van der Waals surface area (Å²) in [5.74, 6) is 0. The molecule has 3 heteroatoms. The van der Waals surface area contributed by atoms with Crippen LogP contribution in [-0.2, 0) is 6.54 Å². The van der Waals surface area contributed by atoms with Crippen molar-refractivity contribution in [1.29, 1.82) is 0 Å². The van der Waals surface area contributed by atoms with Gasteiger partial charge in [0.15, 0.2) is 0 Å². The molecule has 2 N–H and O–H groups in total. The zero-order valence-electron chi connectivity index (χ0n) is 9.87. The zero-order chi connectivity index (χ0) is 11.1. The fraction of sp³-hybridized carbons (Fsp3) is 0.692. The molecule has 16 heavy (non-hydrogen) atoms. The van der Waals surface area contributed by atoms with Gasteiger partial charge in [0.25, 0.3) is 0 Å². The summed E-state index contributed by atoms with van der Waals surface area (Å²) in [7, 11) is 0. The van der Waals surface area contributed by atoms with Gasteiger partial charge in [-0.2, -0.15) is 0 Å². The Morgan fingerprint density at radius 2 is 2.06 bits per heavy atom. The van der Waals surface area contributed by atoms with Crippen LogP contribution in [0.3, 0.4) is 0 Å². The van der Waals surface area contributed by atoms with Crippen molar-refractivity contribution in [2.45, 2.75) is 44.7 Å². The van der Waals surface area contributed by atoms with Gasteiger partial charge in [-0.3, -0.25) is 0 Å². The van der Waals surface area contributed by atoms with E-state index in [1.165, 1.54) is 37.0 Å². The van der Waals surface area contributed by atoms with Gasteiger partial charge < -0.3 is 10.6 Å². The van der Waals surface area contributed by atoms with Crippen LogP contribution in [0.1, 0.15) is 37.0 Å². The second kappa shape index (κ2) is 7.05. The van der Waals surface area contributed by atoms with Crippen molar-refractivity contribution in [3.63, 3.8) is 0 Å². The molecule has 1 heterocycles. The number of hydrogen-bond donors (Lipinski definition) is 2. The fourth-order valence-electron chi connectivity index (χ4n) is 2.30. The third-order valence-electron chi connectivity index (χ3n) is 3.22. The lowest BCUT2D eigenvalue weighted by molar-refractivity contribution is 0.372. The van der Waals surface area contributed by atoms with E-state index < -0.39 is 0 Å². The Labute approximate surface area is 102 Å². The lowest BCUT2D eigenvalue weighted by Gasteiger charge is -2.22. The smallest absolute Gasteiger partial charge is 0.0300 e.